The quantitative estimate of drug-likeness (QED) is 0.491. The van der Waals surface area contributed by atoms with E-state index in [1.165, 1.54) is 38.5 Å². The molecule has 0 atom stereocenters. The first-order valence-electron chi connectivity index (χ1n) is 9.32. The summed E-state index contributed by atoms with van der Waals surface area (Å²) in [5, 5.41) is 0. The Bertz CT molecular complexity index is 278. The van der Waals surface area contributed by atoms with Crippen molar-refractivity contribution in [3.63, 3.8) is 0 Å². The van der Waals surface area contributed by atoms with Crippen molar-refractivity contribution in [2.24, 2.45) is 17.8 Å². The highest BCUT2D eigenvalue weighted by Crippen LogP contribution is 2.31. The summed E-state index contributed by atoms with van der Waals surface area (Å²) in [6, 6.07) is 0. The van der Waals surface area contributed by atoms with Crippen molar-refractivity contribution in [1.29, 1.82) is 0 Å². The van der Waals surface area contributed by atoms with Gasteiger partial charge in [-0.25, -0.2) is 0 Å². The third kappa shape index (κ3) is 8.17. The van der Waals surface area contributed by atoms with Crippen molar-refractivity contribution < 1.29 is 14.3 Å². The van der Waals surface area contributed by atoms with Crippen LogP contribution in [-0.4, -0.2) is 26.3 Å². The van der Waals surface area contributed by atoms with Crippen molar-refractivity contribution in [2.45, 2.75) is 78.1 Å². The predicted molar refractivity (Wildman–Crippen MR) is 90.8 cm³/mol. The maximum absolute atomic E-state index is 11.8. The van der Waals surface area contributed by atoms with E-state index in [1.807, 2.05) is 0 Å². The smallest absolute Gasteiger partial charge is 0.308 e. The first-order valence-corrected chi connectivity index (χ1v) is 9.32. The minimum Gasteiger partial charge on any atom is -0.465 e. The van der Waals surface area contributed by atoms with Crippen LogP contribution in [0.25, 0.3) is 0 Å². The zero-order chi connectivity index (χ0) is 16.2. The van der Waals surface area contributed by atoms with Crippen molar-refractivity contribution in [1.82, 2.24) is 0 Å². The topological polar surface area (TPSA) is 35.5 Å². The van der Waals surface area contributed by atoms with Crippen LogP contribution in [0.15, 0.2) is 0 Å². The summed E-state index contributed by atoms with van der Waals surface area (Å²) >= 11 is 0. The molecule has 0 aromatic heterocycles. The molecule has 2 rings (SSSR count). The lowest BCUT2D eigenvalue weighted by molar-refractivity contribution is -0.150. The molecule has 2 aliphatic carbocycles. The second kappa shape index (κ2) is 11.9. The van der Waals surface area contributed by atoms with Gasteiger partial charge >= 0.3 is 5.97 Å². The lowest BCUT2D eigenvalue weighted by Gasteiger charge is -2.26. The minimum atomic E-state index is 0.0250. The van der Waals surface area contributed by atoms with Crippen LogP contribution in [0.1, 0.15) is 78.1 Å². The van der Waals surface area contributed by atoms with Crippen molar-refractivity contribution in [3.05, 3.63) is 0 Å². The fourth-order valence-corrected chi connectivity index (χ4v) is 3.06. The molecule has 3 nitrogen and oxygen atoms in total. The monoisotopic (exact) mass is 312 g/mol. The van der Waals surface area contributed by atoms with Gasteiger partial charge in [0.25, 0.3) is 0 Å². The average molecular weight is 312 g/mol. The molecule has 3 heteroatoms. The van der Waals surface area contributed by atoms with Crippen LogP contribution >= 0.6 is 0 Å². The molecule has 130 valence electrons. The lowest BCUT2D eigenvalue weighted by Crippen LogP contribution is -2.23. The molecule has 0 bridgehead atoms. The molecule has 0 aliphatic heterocycles. The van der Waals surface area contributed by atoms with Crippen LogP contribution in [0.2, 0.25) is 0 Å². The fourth-order valence-electron chi connectivity index (χ4n) is 3.06. The van der Waals surface area contributed by atoms with E-state index in [2.05, 4.69) is 13.8 Å². The van der Waals surface area contributed by atoms with Gasteiger partial charge in [-0.15, -0.1) is 0 Å². The van der Waals surface area contributed by atoms with Gasteiger partial charge in [0.05, 0.1) is 12.5 Å². The molecule has 0 aromatic carbocycles. The lowest BCUT2D eigenvalue weighted by atomic mass is 9.81. The number of hydrogen-bond donors (Lipinski definition) is 0. The molecular weight excluding hydrogens is 276 g/mol. The maximum Gasteiger partial charge on any atom is 0.308 e. The zero-order valence-corrected chi connectivity index (χ0v) is 14.9. The maximum atomic E-state index is 11.8. The van der Waals surface area contributed by atoms with Gasteiger partial charge in [0.1, 0.15) is 0 Å². The van der Waals surface area contributed by atoms with Crippen LogP contribution in [0.4, 0.5) is 0 Å². The normalized spacial score (nSPS) is 24.9. The van der Waals surface area contributed by atoms with Gasteiger partial charge in [-0.2, -0.15) is 0 Å². The number of carbonyl (C=O) groups is 1. The molecule has 2 aliphatic rings. The van der Waals surface area contributed by atoms with E-state index in [1.54, 1.807) is 7.11 Å². The number of hydrogen-bond acceptors (Lipinski definition) is 3. The van der Waals surface area contributed by atoms with E-state index in [4.69, 9.17) is 9.47 Å². The number of carbonyl (C=O) groups excluding carboxylic acids is 1. The van der Waals surface area contributed by atoms with Gasteiger partial charge in [0, 0.05) is 13.7 Å². The predicted octanol–water partition coefficient (Wildman–Crippen LogP) is 4.98. The van der Waals surface area contributed by atoms with E-state index in [0.29, 0.717) is 6.61 Å². The Balaban J connectivity index is 0.000000406. The van der Waals surface area contributed by atoms with E-state index in [0.717, 1.165) is 44.1 Å². The van der Waals surface area contributed by atoms with Crippen LogP contribution in [0.5, 0.6) is 0 Å². The SMILES string of the molecule is CC1CCC1.CCC1CCC(C(=O)OCCCCOC)CC1. The Morgan fingerprint density at radius 1 is 1.00 bits per heavy atom. The Labute approximate surface area is 137 Å². The first-order chi connectivity index (χ1) is 10.7. The Kier molecular flexibility index (Phi) is 10.6. The van der Waals surface area contributed by atoms with Gasteiger partial charge in [-0.05, 0) is 50.4 Å². The summed E-state index contributed by atoms with van der Waals surface area (Å²) in [5.41, 5.74) is 0. The van der Waals surface area contributed by atoms with Crippen LogP contribution < -0.4 is 0 Å². The molecule has 22 heavy (non-hydrogen) atoms. The highest BCUT2D eigenvalue weighted by molar-refractivity contribution is 5.72. The molecule has 0 saturated heterocycles. The molecule has 0 aromatic rings. The summed E-state index contributed by atoms with van der Waals surface area (Å²) in [7, 11) is 1.69. The summed E-state index contributed by atoms with van der Waals surface area (Å²) < 4.78 is 10.3. The summed E-state index contributed by atoms with van der Waals surface area (Å²) in [6.45, 7) is 5.84. The molecule has 2 saturated carbocycles. The second-order valence-corrected chi connectivity index (χ2v) is 7.03. The highest BCUT2D eigenvalue weighted by atomic mass is 16.5. The molecule has 0 spiro atoms. The second-order valence-electron chi connectivity index (χ2n) is 7.03. The van der Waals surface area contributed by atoms with Crippen LogP contribution in [0, 0.1) is 17.8 Å². The standard InChI is InChI=1S/C14H26O3.C5H10/c1-3-12-6-8-13(9-7-12)14(15)17-11-5-4-10-16-2;1-5-3-2-4-5/h12-13H,3-11H2,1-2H3;5H,2-4H2,1H3. The van der Waals surface area contributed by atoms with E-state index in [9.17, 15) is 4.79 Å². The summed E-state index contributed by atoms with van der Waals surface area (Å²) in [5.74, 6) is 2.09. The number of rotatable bonds is 7. The van der Waals surface area contributed by atoms with Gasteiger partial charge in [0.2, 0.25) is 0 Å². The molecule has 0 heterocycles. The van der Waals surface area contributed by atoms with Crippen molar-refractivity contribution >= 4 is 5.97 Å². The molecule has 0 amide bonds. The Hall–Kier alpha value is -0.570. The number of esters is 1. The third-order valence-corrected chi connectivity index (χ3v) is 5.14. The van der Waals surface area contributed by atoms with Gasteiger partial charge in [0.15, 0.2) is 0 Å². The minimum absolute atomic E-state index is 0.0250. The van der Waals surface area contributed by atoms with Gasteiger partial charge in [-0.1, -0.05) is 39.5 Å². The van der Waals surface area contributed by atoms with Gasteiger partial charge in [-0.3, -0.25) is 4.79 Å². The molecule has 0 N–H and O–H groups in total. The van der Waals surface area contributed by atoms with Crippen molar-refractivity contribution in [3.8, 4) is 0 Å². The Morgan fingerprint density at radius 3 is 2.05 bits per heavy atom. The molecule has 2 fully saturated rings. The van der Waals surface area contributed by atoms with Crippen molar-refractivity contribution in [2.75, 3.05) is 20.3 Å². The van der Waals surface area contributed by atoms with E-state index < -0.39 is 0 Å². The average Bonchev–Trinajstić information content (AvgIpc) is 2.53. The number of methoxy groups -OCH3 is 1. The van der Waals surface area contributed by atoms with Gasteiger partial charge < -0.3 is 9.47 Å². The summed E-state index contributed by atoms with van der Waals surface area (Å²) in [6.07, 6.45) is 12.0. The number of unbranched alkanes of at least 4 members (excludes halogenated alkanes) is 1. The molecule has 0 radical (unpaired) electrons. The van der Waals surface area contributed by atoms with Crippen LogP contribution in [-0.2, 0) is 14.3 Å². The summed E-state index contributed by atoms with van der Waals surface area (Å²) in [4.78, 5) is 11.8. The van der Waals surface area contributed by atoms with E-state index in [-0.39, 0.29) is 11.9 Å². The zero-order valence-electron chi connectivity index (χ0n) is 14.9. The first kappa shape index (κ1) is 19.5. The van der Waals surface area contributed by atoms with Crippen LogP contribution in [0.3, 0.4) is 0 Å². The highest BCUT2D eigenvalue weighted by Gasteiger charge is 2.26. The number of ether oxygens (including phenoxy) is 2. The largest absolute Gasteiger partial charge is 0.465 e. The third-order valence-electron chi connectivity index (χ3n) is 5.14. The Morgan fingerprint density at radius 2 is 1.59 bits per heavy atom. The fraction of sp³-hybridized carbons (Fsp3) is 0.947. The molecule has 0 unspecified atom stereocenters. The van der Waals surface area contributed by atoms with E-state index >= 15 is 0 Å². The molecular formula is C19H36O3.